The molecule has 1 fully saturated rings. The first kappa shape index (κ1) is 14.1. The maximum Gasteiger partial charge on any atom is 0.306 e. The van der Waals surface area contributed by atoms with Crippen LogP contribution in [0.4, 0.5) is 0 Å². The van der Waals surface area contributed by atoms with Gasteiger partial charge in [-0.3, -0.25) is 4.79 Å². The van der Waals surface area contributed by atoms with Crippen molar-refractivity contribution in [1.29, 1.82) is 0 Å². The van der Waals surface area contributed by atoms with Crippen molar-refractivity contribution in [3.8, 4) is 0 Å². The van der Waals surface area contributed by atoms with Crippen LogP contribution in [0.1, 0.15) is 44.6 Å². The van der Waals surface area contributed by atoms with E-state index in [1.807, 2.05) is 6.07 Å². The minimum atomic E-state index is -0.590. The van der Waals surface area contributed by atoms with Gasteiger partial charge in [0.2, 0.25) is 0 Å². The number of carbonyl (C=O) groups is 1. The average molecular weight is 260 g/mol. The van der Waals surface area contributed by atoms with Crippen molar-refractivity contribution < 1.29 is 9.90 Å². The van der Waals surface area contributed by atoms with Crippen LogP contribution in [0.15, 0.2) is 30.3 Å². The van der Waals surface area contributed by atoms with Crippen molar-refractivity contribution >= 4 is 5.97 Å². The molecule has 3 unspecified atom stereocenters. The zero-order valence-electron chi connectivity index (χ0n) is 11.7. The van der Waals surface area contributed by atoms with E-state index in [0.717, 1.165) is 38.0 Å². The zero-order valence-corrected chi connectivity index (χ0v) is 11.7. The monoisotopic (exact) mass is 260 g/mol. The molecule has 2 heteroatoms. The third-order valence-corrected chi connectivity index (χ3v) is 4.63. The lowest BCUT2D eigenvalue weighted by Gasteiger charge is -2.33. The molecule has 0 spiro atoms. The third kappa shape index (κ3) is 3.82. The van der Waals surface area contributed by atoms with Crippen LogP contribution >= 0.6 is 0 Å². The van der Waals surface area contributed by atoms with Crippen LogP contribution in [-0.2, 0) is 11.2 Å². The summed E-state index contributed by atoms with van der Waals surface area (Å²) in [5.41, 5.74) is 1.32. The highest BCUT2D eigenvalue weighted by Crippen LogP contribution is 2.38. The first-order chi connectivity index (χ1) is 9.20. The highest BCUT2D eigenvalue weighted by atomic mass is 16.4. The molecule has 0 saturated heterocycles. The topological polar surface area (TPSA) is 37.3 Å². The van der Waals surface area contributed by atoms with Gasteiger partial charge >= 0.3 is 5.97 Å². The molecule has 19 heavy (non-hydrogen) atoms. The van der Waals surface area contributed by atoms with Gasteiger partial charge in [-0.15, -0.1) is 0 Å². The van der Waals surface area contributed by atoms with Gasteiger partial charge in [0, 0.05) is 0 Å². The number of hydrogen-bond donors (Lipinski definition) is 1. The van der Waals surface area contributed by atoms with Gasteiger partial charge in [0.15, 0.2) is 0 Å². The fraction of sp³-hybridized carbons (Fsp3) is 0.588. The second kappa shape index (κ2) is 6.74. The summed E-state index contributed by atoms with van der Waals surface area (Å²) in [6, 6.07) is 10.4. The Hall–Kier alpha value is -1.31. The minimum Gasteiger partial charge on any atom is -0.481 e. The van der Waals surface area contributed by atoms with Crippen molar-refractivity contribution in [3.05, 3.63) is 35.9 Å². The van der Waals surface area contributed by atoms with Crippen LogP contribution in [0, 0.1) is 17.8 Å². The lowest BCUT2D eigenvalue weighted by Crippen LogP contribution is -2.31. The van der Waals surface area contributed by atoms with Crippen LogP contribution in [0.2, 0.25) is 0 Å². The molecule has 1 N–H and O–H groups in total. The van der Waals surface area contributed by atoms with Gasteiger partial charge in [-0.1, -0.05) is 43.7 Å². The Morgan fingerprint density at radius 1 is 1.26 bits per heavy atom. The summed E-state index contributed by atoms with van der Waals surface area (Å²) in [6.45, 7) is 2.22. The molecule has 0 aliphatic heterocycles. The quantitative estimate of drug-likeness (QED) is 0.863. The number of aryl methyl sites for hydroxylation is 1. The first-order valence-corrected chi connectivity index (χ1v) is 7.47. The van der Waals surface area contributed by atoms with E-state index in [1.165, 1.54) is 12.0 Å². The maximum atomic E-state index is 11.4. The second-order valence-electron chi connectivity index (χ2n) is 5.82. The van der Waals surface area contributed by atoms with Crippen LogP contribution in [0.3, 0.4) is 0 Å². The molecule has 1 aromatic carbocycles. The van der Waals surface area contributed by atoms with Gasteiger partial charge in [0.1, 0.15) is 0 Å². The van der Waals surface area contributed by atoms with E-state index in [-0.39, 0.29) is 5.92 Å². The molecule has 0 aromatic heterocycles. The molecular formula is C17H24O2. The maximum absolute atomic E-state index is 11.4. The van der Waals surface area contributed by atoms with E-state index in [0.29, 0.717) is 5.92 Å². The van der Waals surface area contributed by atoms with Crippen LogP contribution in [0.5, 0.6) is 0 Å². The zero-order chi connectivity index (χ0) is 13.7. The van der Waals surface area contributed by atoms with Gasteiger partial charge in [-0.2, -0.15) is 0 Å². The largest absolute Gasteiger partial charge is 0.481 e. The van der Waals surface area contributed by atoms with Gasteiger partial charge < -0.3 is 5.11 Å². The van der Waals surface area contributed by atoms with E-state index in [9.17, 15) is 9.90 Å². The van der Waals surface area contributed by atoms with Crippen molar-refractivity contribution in [2.45, 2.75) is 45.4 Å². The van der Waals surface area contributed by atoms with Gasteiger partial charge in [0.25, 0.3) is 0 Å². The predicted molar refractivity (Wildman–Crippen MR) is 77.0 cm³/mol. The Kier molecular flexibility index (Phi) is 5.00. The summed E-state index contributed by atoms with van der Waals surface area (Å²) in [5.74, 6) is 0.381. The van der Waals surface area contributed by atoms with Crippen molar-refractivity contribution in [2.24, 2.45) is 17.8 Å². The van der Waals surface area contributed by atoms with E-state index >= 15 is 0 Å². The number of rotatable bonds is 5. The van der Waals surface area contributed by atoms with Crippen molar-refractivity contribution in [1.82, 2.24) is 0 Å². The molecule has 0 heterocycles. The van der Waals surface area contributed by atoms with Crippen molar-refractivity contribution in [3.63, 3.8) is 0 Å². The molecular weight excluding hydrogens is 236 g/mol. The average Bonchev–Trinajstić information content (AvgIpc) is 2.45. The standard InChI is InChI=1S/C17H24O2/c1-2-13-9-11-16(17(18)19)15(12-13)10-8-14-6-4-3-5-7-14/h3-7,13,15-16H,2,8-12H2,1H3,(H,18,19). The van der Waals surface area contributed by atoms with Gasteiger partial charge in [-0.25, -0.2) is 0 Å². The first-order valence-electron chi connectivity index (χ1n) is 7.47. The Labute approximate surface area is 115 Å². The molecule has 0 radical (unpaired) electrons. The summed E-state index contributed by atoms with van der Waals surface area (Å²) < 4.78 is 0. The highest BCUT2D eigenvalue weighted by molar-refractivity contribution is 5.70. The summed E-state index contributed by atoms with van der Waals surface area (Å²) >= 11 is 0. The molecule has 2 rings (SSSR count). The molecule has 0 amide bonds. The number of carboxylic acid groups (broad SMARTS) is 1. The van der Waals surface area contributed by atoms with Gasteiger partial charge in [-0.05, 0) is 49.5 Å². The summed E-state index contributed by atoms with van der Waals surface area (Å²) in [7, 11) is 0. The van der Waals surface area contributed by atoms with E-state index < -0.39 is 5.97 Å². The Bertz CT molecular complexity index is 399. The Balaban J connectivity index is 1.95. The fourth-order valence-electron chi connectivity index (χ4n) is 3.37. The number of aliphatic carboxylic acids is 1. The molecule has 2 nitrogen and oxygen atoms in total. The van der Waals surface area contributed by atoms with Crippen LogP contribution in [0.25, 0.3) is 0 Å². The minimum absolute atomic E-state index is 0.119. The van der Waals surface area contributed by atoms with Crippen molar-refractivity contribution in [2.75, 3.05) is 0 Å². The Morgan fingerprint density at radius 3 is 2.63 bits per heavy atom. The molecule has 1 aliphatic rings. The predicted octanol–water partition coefficient (Wildman–Crippen LogP) is 4.15. The lowest BCUT2D eigenvalue weighted by molar-refractivity contribution is -0.145. The molecule has 0 bridgehead atoms. The highest BCUT2D eigenvalue weighted by Gasteiger charge is 2.33. The smallest absolute Gasteiger partial charge is 0.306 e. The SMILES string of the molecule is CCC1CCC(C(=O)O)C(CCc2ccccc2)C1. The lowest BCUT2D eigenvalue weighted by atomic mass is 9.71. The molecule has 1 aliphatic carbocycles. The van der Waals surface area contributed by atoms with E-state index in [4.69, 9.17) is 0 Å². The summed E-state index contributed by atoms with van der Waals surface area (Å²) in [5, 5.41) is 9.36. The summed E-state index contributed by atoms with van der Waals surface area (Å²) in [4.78, 5) is 11.4. The number of benzene rings is 1. The Morgan fingerprint density at radius 2 is 2.00 bits per heavy atom. The molecule has 1 saturated carbocycles. The molecule has 104 valence electrons. The number of hydrogen-bond acceptors (Lipinski definition) is 1. The second-order valence-corrected chi connectivity index (χ2v) is 5.82. The van der Waals surface area contributed by atoms with Gasteiger partial charge in [0.05, 0.1) is 5.92 Å². The molecule has 3 atom stereocenters. The summed E-state index contributed by atoms with van der Waals surface area (Å²) in [6.07, 6.45) is 6.26. The van der Waals surface area contributed by atoms with E-state index in [2.05, 4.69) is 31.2 Å². The third-order valence-electron chi connectivity index (χ3n) is 4.63. The number of carboxylic acids is 1. The normalized spacial score (nSPS) is 27.1. The van der Waals surface area contributed by atoms with Crippen LogP contribution < -0.4 is 0 Å². The molecule has 1 aromatic rings. The van der Waals surface area contributed by atoms with Crippen LogP contribution in [-0.4, -0.2) is 11.1 Å². The van der Waals surface area contributed by atoms with E-state index in [1.54, 1.807) is 0 Å². The fourth-order valence-corrected chi connectivity index (χ4v) is 3.37.